The monoisotopic (exact) mass is 405 g/mol. The van der Waals surface area contributed by atoms with Crippen LogP contribution < -0.4 is 0 Å². The van der Waals surface area contributed by atoms with E-state index in [1.54, 1.807) is 4.67 Å². The highest BCUT2D eigenvalue weighted by molar-refractivity contribution is 7.50. The maximum absolute atomic E-state index is 12.7. The van der Waals surface area contributed by atoms with E-state index in [1.807, 2.05) is 0 Å². The first-order valence-corrected chi connectivity index (χ1v) is 13.3. The van der Waals surface area contributed by atoms with Gasteiger partial charge in [-0.05, 0) is 19.3 Å². The molecule has 0 rings (SSSR count). The zero-order valence-electron chi connectivity index (χ0n) is 18.6. The summed E-state index contributed by atoms with van der Waals surface area (Å²) in [6, 6.07) is 0. The van der Waals surface area contributed by atoms with Crippen LogP contribution in [-0.2, 0) is 9.09 Å². The highest BCUT2D eigenvalue weighted by Crippen LogP contribution is 2.46. The Balaban J connectivity index is 4.26. The second kappa shape index (κ2) is 19.4. The van der Waals surface area contributed by atoms with Crippen molar-refractivity contribution in [2.24, 2.45) is 0 Å². The predicted octanol–water partition coefficient (Wildman–Crippen LogP) is 7.71. The third-order valence-electron chi connectivity index (χ3n) is 5.15. The highest BCUT2D eigenvalue weighted by Gasteiger charge is 2.28. The van der Waals surface area contributed by atoms with E-state index in [9.17, 15) is 9.46 Å². The minimum Gasteiger partial charge on any atom is -0.312 e. The Labute approximate surface area is 170 Å². The van der Waals surface area contributed by atoms with E-state index >= 15 is 0 Å². The van der Waals surface area contributed by atoms with Crippen molar-refractivity contribution < 1.29 is 14.0 Å². The summed E-state index contributed by atoms with van der Waals surface area (Å²) in [7, 11) is -3.64. The third-order valence-corrected chi connectivity index (χ3v) is 6.79. The summed E-state index contributed by atoms with van der Waals surface area (Å²) in [4.78, 5) is 10.5. The van der Waals surface area contributed by atoms with Gasteiger partial charge in [0.1, 0.15) is 0 Å². The Morgan fingerprint density at radius 2 is 1.00 bits per heavy atom. The Bertz CT molecular complexity index is 336. The molecule has 0 heterocycles. The molecule has 0 amide bonds. The van der Waals surface area contributed by atoms with Gasteiger partial charge in [0.2, 0.25) is 0 Å². The van der Waals surface area contributed by atoms with Crippen molar-refractivity contribution in [1.82, 2.24) is 4.67 Å². The summed E-state index contributed by atoms with van der Waals surface area (Å²) < 4.78 is 19.9. The fraction of sp³-hybridized carbons (Fsp3) is 1.00. The summed E-state index contributed by atoms with van der Waals surface area (Å²) in [5.74, 6) is 0. The molecule has 1 unspecified atom stereocenters. The summed E-state index contributed by atoms with van der Waals surface area (Å²) in [6.45, 7) is 8.38. The zero-order valence-corrected chi connectivity index (χ0v) is 19.5. The summed E-state index contributed by atoms with van der Waals surface area (Å²) in [6.07, 6.45) is 18.6. The van der Waals surface area contributed by atoms with E-state index in [0.717, 1.165) is 38.5 Å². The molecule has 1 N–H and O–H groups in total. The van der Waals surface area contributed by atoms with Gasteiger partial charge in [0.05, 0.1) is 6.61 Å². The molecule has 0 spiro atoms. The molecule has 0 aromatic heterocycles. The van der Waals surface area contributed by atoms with Gasteiger partial charge < -0.3 is 4.89 Å². The SMILES string of the molecule is CCCCCCCCN(CCCCCCCC)P(=O)(O)OCCCCCC. The Morgan fingerprint density at radius 3 is 1.44 bits per heavy atom. The molecular weight excluding hydrogens is 357 g/mol. The van der Waals surface area contributed by atoms with Gasteiger partial charge in [-0.3, -0.25) is 4.52 Å². The molecule has 0 aliphatic heterocycles. The van der Waals surface area contributed by atoms with Gasteiger partial charge in [0.25, 0.3) is 0 Å². The van der Waals surface area contributed by atoms with Crippen molar-refractivity contribution in [2.45, 2.75) is 124 Å². The average Bonchev–Trinajstić information content (AvgIpc) is 2.65. The van der Waals surface area contributed by atoms with Crippen LogP contribution in [0.4, 0.5) is 0 Å². The van der Waals surface area contributed by atoms with Crippen LogP contribution in [0.25, 0.3) is 0 Å². The number of unbranched alkanes of at least 4 members (excludes halogenated alkanes) is 13. The lowest BCUT2D eigenvalue weighted by Crippen LogP contribution is -2.24. The van der Waals surface area contributed by atoms with Crippen LogP contribution in [0.5, 0.6) is 0 Å². The minimum absolute atomic E-state index is 0.400. The Hall–Kier alpha value is 0.110. The summed E-state index contributed by atoms with van der Waals surface area (Å²) >= 11 is 0. The standard InChI is InChI=1S/C22H48NO3P/c1-4-7-10-13-15-17-20-23(21-18-16-14-11-8-5-2)27(24,25)26-22-19-12-9-6-3/h4-22H2,1-3H3,(H,24,25). The number of rotatable bonds is 21. The third kappa shape index (κ3) is 16.7. The molecule has 0 saturated heterocycles. The molecule has 0 radical (unpaired) electrons. The second-order valence-corrected chi connectivity index (χ2v) is 9.68. The summed E-state index contributed by atoms with van der Waals surface area (Å²) in [5.41, 5.74) is 0. The highest BCUT2D eigenvalue weighted by atomic mass is 31.2. The molecule has 0 bridgehead atoms. The van der Waals surface area contributed by atoms with Gasteiger partial charge in [-0.15, -0.1) is 0 Å². The first-order chi connectivity index (χ1) is 13.1. The van der Waals surface area contributed by atoms with Crippen molar-refractivity contribution in [3.63, 3.8) is 0 Å². The second-order valence-electron chi connectivity index (χ2n) is 7.87. The average molecular weight is 406 g/mol. The van der Waals surface area contributed by atoms with Gasteiger partial charge in [-0.2, -0.15) is 0 Å². The molecule has 0 aromatic rings. The molecule has 4 nitrogen and oxygen atoms in total. The minimum atomic E-state index is -3.64. The number of nitrogens with zero attached hydrogens (tertiary/aromatic N) is 1. The van der Waals surface area contributed by atoms with E-state index < -0.39 is 7.75 Å². The van der Waals surface area contributed by atoms with Crippen molar-refractivity contribution in [3.05, 3.63) is 0 Å². The van der Waals surface area contributed by atoms with Gasteiger partial charge >= 0.3 is 7.75 Å². The molecule has 0 aromatic carbocycles. The van der Waals surface area contributed by atoms with Crippen LogP contribution in [0.2, 0.25) is 0 Å². The van der Waals surface area contributed by atoms with Crippen LogP contribution in [0.1, 0.15) is 124 Å². The van der Waals surface area contributed by atoms with Crippen molar-refractivity contribution >= 4 is 7.75 Å². The van der Waals surface area contributed by atoms with Gasteiger partial charge in [-0.25, -0.2) is 9.24 Å². The molecule has 1 atom stereocenters. The largest absolute Gasteiger partial charge is 0.405 e. The molecule has 27 heavy (non-hydrogen) atoms. The molecular formula is C22H48NO3P. The van der Waals surface area contributed by atoms with Crippen LogP contribution in [0.3, 0.4) is 0 Å². The van der Waals surface area contributed by atoms with E-state index in [0.29, 0.717) is 19.7 Å². The van der Waals surface area contributed by atoms with E-state index in [1.165, 1.54) is 64.2 Å². The zero-order chi connectivity index (χ0) is 20.2. The van der Waals surface area contributed by atoms with Crippen LogP contribution in [0.15, 0.2) is 0 Å². The molecule has 164 valence electrons. The number of hydrogen-bond donors (Lipinski definition) is 1. The topological polar surface area (TPSA) is 49.8 Å². The molecule has 5 heteroatoms. The van der Waals surface area contributed by atoms with E-state index in [2.05, 4.69) is 20.8 Å². The first kappa shape index (κ1) is 27.1. The van der Waals surface area contributed by atoms with Crippen molar-refractivity contribution in [2.75, 3.05) is 19.7 Å². The van der Waals surface area contributed by atoms with Gasteiger partial charge in [0, 0.05) is 13.1 Å². The first-order valence-electron chi connectivity index (χ1n) is 11.8. The maximum atomic E-state index is 12.7. The maximum Gasteiger partial charge on any atom is 0.405 e. The Morgan fingerprint density at radius 1 is 0.630 bits per heavy atom. The fourth-order valence-corrected chi connectivity index (χ4v) is 4.63. The van der Waals surface area contributed by atoms with E-state index in [4.69, 9.17) is 4.52 Å². The Kier molecular flexibility index (Phi) is 19.5. The predicted molar refractivity (Wildman–Crippen MR) is 118 cm³/mol. The quantitative estimate of drug-likeness (QED) is 0.157. The van der Waals surface area contributed by atoms with Gasteiger partial charge in [0.15, 0.2) is 0 Å². The van der Waals surface area contributed by atoms with E-state index in [-0.39, 0.29) is 0 Å². The summed E-state index contributed by atoms with van der Waals surface area (Å²) in [5, 5.41) is 0. The van der Waals surface area contributed by atoms with Crippen LogP contribution >= 0.6 is 7.75 Å². The lowest BCUT2D eigenvalue weighted by Gasteiger charge is -2.26. The molecule has 0 aliphatic rings. The van der Waals surface area contributed by atoms with Crippen LogP contribution in [0, 0.1) is 0 Å². The normalized spacial score (nSPS) is 14.0. The fourth-order valence-electron chi connectivity index (χ4n) is 3.31. The van der Waals surface area contributed by atoms with Crippen molar-refractivity contribution in [3.8, 4) is 0 Å². The molecule has 0 saturated carbocycles. The smallest absolute Gasteiger partial charge is 0.312 e. The number of hydrogen-bond acceptors (Lipinski definition) is 2. The van der Waals surface area contributed by atoms with Crippen molar-refractivity contribution in [1.29, 1.82) is 0 Å². The van der Waals surface area contributed by atoms with Crippen LogP contribution in [-0.4, -0.2) is 29.3 Å². The molecule has 0 fully saturated rings. The lowest BCUT2D eigenvalue weighted by atomic mass is 10.1. The lowest BCUT2D eigenvalue weighted by molar-refractivity contribution is 0.194. The molecule has 0 aliphatic carbocycles. The van der Waals surface area contributed by atoms with Gasteiger partial charge in [-0.1, -0.05) is 104 Å².